The molecule has 1 atom stereocenters. The van der Waals surface area contributed by atoms with Crippen molar-refractivity contribution in [1.29, 1.82) is 0 Å². The molecule has 0 radical (unpaired) electrons. The number of carbonyl (C=O) groups excluding carboxylic acids is 2. The van der Waals surface area contributed by atoms with Gasteiger partial charge in [-0.2, -0.15) is 0 Å². The molecule has 1 unspecified atom stereocenters. The molecule has 1 rings (SSSR count). The minimum Gasteiger partial charge on any atom is -0.544 e. The van der Waals surface area contributed by atoms with Crippen LogP contribution in [0.4, 0.5) is 0 Å². The second-order valence-corrected chi connectivity index (χ2v) is 4.40. The molecule has 0 aliphatic heterocycles. The van der Waals surface area contributed by atoms with Crippen LogP contribution in [0.1, 0.15) is 21.5 Å². The number of likely N-dealkylation sites (N-methyl/N-ethyl adjacent to an activating group) is 1. The normalized spacial score (nSPS) is 12.2. The molecule has 0 saturated carbocycles. The number of nitrogens with one attached hydrogen (secondary N) is 1. The summed E-state index contributed by atoms with van der Waals surface area (Å²) in [4.78, 5) is 22.9. The van der Waals surface area contributed by atoms with Gasteiger partial charge in [-0.15, -0.1) is 0 Å². The van der Waals surface area contributed by atoms with Crippen molar-refractivity contribution in [1.82, 2.24) is 0 Å². The lowest BCUT2D eigenvalue weighted by Gasteiger charge is -2.13. The number of aliphatic carboxylic acids is 1. The van der Waals surface area contributed by atoms with E-state index >= 15 is 0 Å². The molecular formula is C13H17NO3. The van der Waals surface area contributed by atoms with Crippen molar-refractivity contribution in [3.8, 4) is 0 Å². The largest absolute Gasteiger partial charge is 0.544 e. The van der Waals surface area contributed by atoms with Crippen LogP contribution < -0.4 is 10.0 Å². The summed E-state index contributed by atoms with van der Waals surface area (Å²) in [5.41, 5.74) is 2.83. The van der Waals surface area contributed by atoms with Crippen molar-refractivity contribution in [2.75, 3.05) is 20.1 Å². The Labute approximate surface area is 101 Å². The lowest BCUT2D eigenvalue weighted by Crippen LogP contribution is -3.11. The van der Waals surface area contributed by atoms with Crippen LogP contribution in [0.5, 0.6) is 0 Å². The van der Waals surface area contributed by atoms with Crippen molar-refractivity contribution in [2.45, 2.75) is 13.8 Å². The maximum atomic E-state index is 11.9. The number of carbonyl (C=O) groups is 2. The zero-order chi connectivity index (χ0) is 13.0. The number of carboxylic acids is 1. The monoisotopic (exact) mass is 235 g/mol. The molecule has 0 spiro atoms. The third-order valence-corrected chi connectivity index (χ3v) is 2.74. The highest BCUT2D eigenvalue weighted by Crippen LogP contribution is 2.09. The van der Waals surface area contributed by atoms with E-state index in [1.54, 1.807) is 13.1 Å². The van der Waals surface area contributed by atoms with E-state index in [2.05, 4.69) is 0 Å². The predicted octanol–water partition coefficient (Wildman–Crippen LogP) is -1.25. The fraction of sp³-hybridized carbons (Fsp3) is 0.385. The van der Waals surface area contributed by atoms with Crippen molar-refractivity contribution in [3.05, 3.63) is 34.9 Å². The van der Waals surface area contributed by atoms with Gasteiger partial charge in [0.1, 0.15) is 13.1 Å². The van der Waals surface area contributed by atoms with Gasteiger partial charge in [0, 0.05) is 5.56 Å². The van der Waals surface area contributed by atoms with Gasteiger partial charge >= 0.3 is 0 Å². The summed E-state index contributed by atoms with van der Waals surface area (Å²) in [5.74, 6) is -1.19. The second-order valence-electron chi connectivity index (χ2n) is 4.40. The first kappa shape index (κ1) is 13.4. The van der Waals surface area contributed by atoms with Crippen molar-refractivity contribution in [2.24, 2.45) is 0 Å². The van der Waals surface area contributed by atoms with Crippen LogP contribution >= 0.6 is 0 Å². The van der Waals surface area contributed by atoms with Gasteiger partial charge in [-0.25, -0.2) is 0 Å². The molecule has 0 saturated heterocycles. The lowest BCUT2D eigenvalue weighted by atomic mass is 10.0. The first-order valence-corrected chi connectivity index (χ1v) is 5.51. The Balaban J connectivity index is 2.70. The average molecular weight is 235 g/mol. The van der Waals surface area contributed by atoms with Crippen LogP contribution in [-0.4, -0.2) is 31.9 Å². The summed E-state index contributed by atoms with van der Waals surface area (Å²) < 4.78 is 0. The van der Waals surface area contributed by atoms with E-state index in [0.717, 1.165) is 11.1 Å². The van der Waals surface area contributed by atoms with Crippen LogP contribution in [-0.2, 0) is 4.79 Å². The van der Waals surface area contributed by atoms with E-state index in [-0.39, 0.29) is 18.9 Å². The summed E-state index contributed by atoms with van der Waals surface area (Å²) in [6.07, 6.45) is 0. The summed E-state index contributed by atoms with van der Waals surface area (Å²) in [5, 5.41) is 10.4. The Morgan fingerprint density at radius 3 is 2.35 bits per heavy atom. The molecule has 0 amide bonds. The molecule has 92 valence electrons. The van der Waals surface area contributed by atoms with Crippen molar-refractivity contribution >= 4 is 11.8 Å². The number of ketones is 1. The van der Waals surface area contributed by atoms with Gasteiger partial charge in [-0.05, 0) is 31.0 Å². The van der Waals surface area contributed by atoms with E-state index in [1.807, 2.05) is 26.0 Å². The fourth-order valence-electron chi connectivity index (χ4n) is 1.60. The minimum absolute atomic E-state index is 0.0492. The minimum atomic E-state index is -1.14. The highest BCUT2D eigenvalue weighted by Gasteiger charge is 2.12. The molecule has 0 fully saturated rings. The number of hydrogen-bond acceptors (Lipinski definition) is 3. The van der Waals surface area contributed by atoms with Gasteiger partial charge < -0.3 is 14.8 Å². The molecule has 1 aromatic rings. The summed E-state index contributed by atoms with van der Waals surface area (Å²) in [6.45, 7) is 3.94. The Hall–Kier alpha value is -1.68. The molecule has 1 aromatic carbocycles. The highest BCUT2D eigenvalue weighted by atomic mass is 16.4. The van der Waals surface area contributed by atoms with Crippen molar-refractivity contribution < 1.29 is 19.6 Å². The number of quaternary nitrogens is 1. The molecule has 0 aliphatic carbocycles. The third kappa shape index (κ3) is 4.00. The smallest absolute Gasteiger partial charge is 0.216 e. The van der Waals surface area contributed by atoms with E-state index < -0.39 is 5.97 Å². The van der Waals surface area contributed by atoms with Crippen LogP contribution in [0.15, 0.2) is 18.2 Å². The molecule has 0 bridgehead atoms. The van der Waals surface area contributed by atoms with E-state index in [9.17, 15) is 14.7 Å². The zero-order valence-corrected chi connectivity index (χ0v) is 10.4. The summed E-state index contributed by atoms with van der Waals surface area (Å²) in [7, 11) is 1.66. The Morgan fingerprint density at radius 2 is 1.82 bits per heavy atom. The molecular weight excluding hydrogens is 218 g/mol. The number of benzene rings is 1. The molecule has 4 nitrogen and oxygen atoms in total. The van der Waals surface area contributed by atoms with Crippen LogP contribution in [0, 0.1) is 13.8 Å². The van der Waals surface area contributed by atoms with Gasteiger partial charge in [-0.3, -0.25) is 4.79 Å². The van der Waals surface area contributed by atoms with Gasteiger partial charge in [0.2, 0.25) is 5.78 Å². The summed E-state index contributed by atoms with van der Waals surface area (Å²) in [6, 6.07) is 5.51. The van der Waals surface area contributed by atoms with Crippen molar-refractivity contribution in [3.63, 3.8) is 0 Å². The molecule has 0 aromatic heterocycles. The first-order chi connectivity index (χ1) is 7.90. The number of rotatable bonds is 5. The van der Waals surface area contributed by atoms with Gasteiger partial charge in [0.05, 0.1) is 13.0 Å². The third-order valence-electron chi connectivity index (χ3n) is 2.74. The lowest BCUT2D eigenvalue weighted by molar-refractivity contribution is -0.864. The number of Topliss-reactive ketones (excluding diaryl/α,β-unsaturated/α-hetero) is 1. The Morgan fingerprint density at radius 1 is 1.18 bits per heavy atom. The molecule has 1 N–H and O–H groups in total. The summed E-state index contributed by atoms with van der Waals surface area (Å²) >= 11 is 0. The van der Waals surface area contributed by atoms with E-state index in [0.29, 0.717) is 10.5 Å². The van der Waals surface area contributed by atoms with E-state index in [4.69, 9.17) is 0 Å². The fourth-order valence-corrected chi connectivity index (χ4v) is 1.60. The van der Waals surface area contributed by atoms with Crippen LogP contribution in [0.25, 0.3) is 0 Å². The predicted molar refractivity (Wildman–Crippen MR) is 61.9 cm³/mol. The molecule has 0 heterocycles. The Bertz CT molecular complexity index is 440. The quantitative estimate of drug-likeness (QED) is 0.649. The maximum absolute atomic E-state index is 11.9. The van der Waals surface area contributed by atoms with Gasteiger partial charge in [0.25, 0.3) is 0 Å². The zero-order valence-electron chi connectivity index (χ0n) is 10.4. The van der Waals surface area contributed by atoms with Crippen LogP contribution in [0.2, 0.25) is 0 Å². The highest BCUT2D eigenvalue weighted by molar-refractivity contribution is 5.97. The maximum Gasteiger partial charge on any atom is 0.216 e. The standard InChI is InChI=1S/C13H17NO3/c1-9-4-5-11(6-10(9)2)12(15)7-14(3)8-13(16)17/h4-6H,7-8H2,1-3H3,(H,16,17). The van der Waals surface area contributed by atoms with Gasteiger partial charge in [-0.1, -0.05) is 12.1 Å². The SMILES string of the molecule is Cc1ccc(C(=O)C[NH+](C)CC(=O)[O-])cc1C. The number of hydrogen-bond donors (Lipinski definition) is 1. The molecule has 4 heteroatoms. The first-order valence-electron chi connectivity index (χ1n) is 5.51. The second kappa shape index (κ2) is 5.59. The van der Waals surface area contributed by atoms with E-state index in [1.165, 1.54) is 0 Å². The Kier molecular flexibility index (Phi) is 4.40. The average Bonchev–Trinajstić information content (AvgIpc) is 2.20. The molecule has 0 aliphatic rings. The number of carboxylic acid groups (broad SMARTS) is 1. The molecule has 17 heavy (non-hydrogen) atoms. The topological polar surface area (TPSA) is 61.6 Å². The number of aryl methyl sites for hydroxylation is 2. The van der Waals surface area contributed by atoms with Crippen LogP contribution in [0.3, 0.4) is 0 Å². The van der Waals surface area contributed by atoms with Gasteiger partial charge in [0.15, 0.2) is 0 Å².